The Balaban J connectivity index is 2.01. The molecule has 2 N–H and O–H groups in total. The SMILES string of the molecule is COc1ccc(C)cc1/C(O)=C1\C(=O)C(=O)N(c2ccccc2C)C1c1ccc(O)cc1. The number of aromatic hydroxyl groups is 1. The second-order valence-corrected chi connectivity index (χ2v) is 7.75. The predicted octanol–water partition coefficient (Wildman–Crippen LogP) is 4.64. The molecule has 1 heterocycles. The highest BCUT2D eigenvalue weighted by molar-refractivity contribution is 6.51. The van der Waals surface area contributed by atoms with Gasteiger partial charge in [-0.05, 0) is 55.3 Å². The van der Waals surface area contributed by atoms with Crippen molar-refractivity contribution in [2.24, 2.45) is 0 Å². The average molecular weight is 429 g/mol. The Morgan fingerprint density at radius 3 is 2.31 bits per heavy atom. The Bertz CT molecular complexity index is 1240. The third kappa shape index (κ3) is 3.50. The molecule has 3 aromatic carbocycles. The summed E-state index contributed by atoms with van der Waals surface area (Å²) in [7, 11) is 1.48. The number of benzene rings is 3. The lowest BCUT2D eigenvalue weighted by Crippen LogP contribution is -2.30. The van der Waals surface area contributed by atoms with Gasteiger partial charge in [-0.1, -0.05) is 42.0 Å². The third-order valence-corrected chi connectivity index (χ3v) is 5.64. The summed E-state index contributed by atoms with van der Waals surface area (Å²) in [5.74, 6) is -1.38. The number of carbonyl (C=O) groups excluding carboxylic acids is 2. The van der Waals surface area contributed by atoms with Crippen LogP contribution in [0.15, 0.2) is 72.3 Å². The minimum absolute atomic E-state index is 0.0344. The molecule has 0 radical (unpaired) electrons. The van der Waals surface area contributed by atoms with E-state index < -0.39 is 17.7 Å². The van der Waals surface area contributed by atoms with Gasteiger partial charge < -0.3 is 14.9 Å². The van der Waals surface area contributed by atoms with E-state index in [1.54, 1.807) is 36.4 Å². The van der Waals surface area contributed by atoms with E-state index in [-0.39, 0.29) is 17.1 Å². The summed E-state index contributed by atoms with van der Waals surface area (Å²) >= 11 is 0. The van der Waals surface area contributed by atoms with Crippen LogP contribution in [0.4, 0.5) is 5.69 Å². The molecule has 1 saturated heterocycles. The molecular weight excluding hydrogens is 406 g/mol. The minimum Gasteiger partial charge on any atom is -0.508 e. The Morgan fingerprint density at radius 2 is 1.66 bits per heavy atom. The van der Waals surface area contributed by atoms with Gasteiger partial charge in [0.15, 0.2) is 0 Å². The van der Waals surface area contributed by atoms with Gasteiger partial charge in [0.05, 0.1) is 24.3 Å². The number of ketones is 1. The Hall–Kier alpha value is -4.06. The molecule has 162 valence electrons. The third-order valence-electron chi connectivity index (χ3n) is 5.64. The molecule has 1 fully saturated rings. The van der Waals surface area contributed by atoms with Crippen molar-refractivity contribution < 1.29 is 24.5 Å². The zero-order valence-corrected chi connectivity index (χ0v) is 18.0. The van der Waals surface area contributed by atoms with Crippen LogP contribution in [0.25, 0.3) is 5.76 Å². The van der Waals surface area contributed by atoms with Gasteiger partial charge >= 0.3 is 0 Å². The van der Waals surface area contributed by atoms with Crippen molar-refractivity contribution in [3.8, 4) is 11.5 Å². The van der Waals surface area contributed by atoms with E-state index >= 15 is 0 Å². The number of rotatable bonds is 4. The number of ether oxygens (including phenoxy) is 1. The van der Waals surface area contributed by atoms with E-state index in [2.05, 4.69) is 0 Å². The van der Waals surface area contributed by atoms with Crippen LogP contribution in [0, 0.1) is 13.8 Å². The van der Waals surface area contributed by atoms with Crippen LogP contribution in [0.3, 0.4) is 0 Å². The lowest BCUT2D eigenvalue weighted by Gasteiger charge is -2.27. The summed E-state index contributed by atoms with van der Waals surface area (Å²) < 4.78 is 5.39. The maximum absolute atomic E-state index is 13.3. The number of nitrogens with zero attached hydrogens (tertiary/aromatic N) is 1. The number of aliphatic hydroxyl groups is 1. The number of carbonyl (C=O) groups is 2. The molecule has 0 spiro atoms. The predicted molar refractivity (Wildman–Crippen MR) is 122 cm³/mol. The maximum atomic E-state index is 13.3. The van der Waals surface area contributed by atoms with Crippen LogP contribution in [-0.2, 0) is 9.59 Å². The van der Waals surface area contributed by atoms with Crippen molar-refractivity contribution in [3.05, 3.63) is 94.6 Å². The summed E-state index contributed by atoms with van der Waals surface area (Å²) in [4.78, 5) is 27.9. The smallest absolute Gasteiger partial charge is 0.300 e. The average Bonchev–Trinajstić information content (AvgIpc) is 3.04. The van der Waals surface area contributed by atoms with E-state index in [0.29, 0.717) is 22.6 Å². The topological polar surface area (TPSA) is 87.1 Å². The Kier molecular flexibility index (Phi) is 5.45. The number of para-hydroxylation sites is 1. The molecule has 1 aliphatic rings. The fourth-order valence-electron chi connectivity index (χ4n) is 4.04. The fourth-order valence-corrected chi connectivity index (χ4v) is 4.04. The molecule has 4 rings (SSSR count). The number of anilines is 1. The molecule has 1 aliphatic heterocycles. The standard InChI is InChI=1S/C26H23NO5/c1-15-8-13-21(32-3)19(14-15)24(29)22-23(17-9-11-18(28)12-10-17)27(26(31)25(22)30)20-7-5-4-6-16(20)2/h4-14,23,28-29H,1-3H3/b24-22+. The Labute approximate surface area is 186 Å². The van der Waals surface area contributed by atoms with Crippen molar-refractivity contribution in [2.45, 2.75) is 19.9 Å². The molecule has 1 atom stereocenters. The van der Waals surface area contributed by atoms with E-state index in [9.17, 15) is 19.8 Å². The lowest BCUT2D eigenvalue weighted by molar-refractivity contribution is -0.132. The number of phenols is 1. The fraction of sp³-hybridized carbons (Fsp3) is 0.154. The summed E-state index contributed by atoms with van der Waals surface area (Å²) in [6.07, 6.45) is 0. The van der Waals surface area contributed by atoms with Crippen molar-refractivity contribution in [1.82, 2.24) is 0 Å². The molecule has 0 bridgehead atoms. The Morgan fingerprint density at radius 1 is 0.969 bits per heavy atom. The van der Waals surface area contributed by atoms with Gasteiger partial charge in [-0.25, -0.2) is 0 Å². The zero-order chi connectivity index (χ0) is 23.0. The minimum atomic E-state index is -0.873. The lowest BCUT2D eigenvalue weighted by atomic mass is 9.94. The van der Waals surface area contributed by atoms with E-state index in [0.717, 1.165) is 11.1 Å². The van der Waals surface area contributed by atoms with Crippen LogP contribution in [-0.4, -0.2) is 29.0 Å². The van der Waals surface area contributed by atoms with Crippen LogP contribution < -0.4 is 9.64 Å². The number of Topliss-reactive ketones (excluding diaryl/α,β-unsaturated/α-hetero) is 1. The van der Waals surface area contributed by atoms with Crippen molar-refractivity contribution in [1.29, 1.82) is 0 Å². The summed E-state index contributed by atoms with van der Waals surface area (Å²) in [6.45, 7) is 3.71. The van der Waals surface area contributed by atoms with Gasteiger partial charge in [-0.3, -0.25) is 14.5 Å². The zero-order valence-electron chi connectivity index (χ0n) is 18.0. The normalized spacial score (nSPS) is 17.6. The van der Waals surface area contributed by atoms with Crippen molar-refractivity contribution >= 4 is 23.1 Å². The first-order chi connectivity index (χ1) is 15.3. The summed E-state index contributed by atoms with van der Waals surface area (Å²) in [5.41, 5.74) is 3.13. The molecule has 0 aromatic heterocycles. The van der Waals surface area contributed by atoms with Crippen LogP contribution >= 0.6 is 0 Å². The first-order valence-corrected chi connectivity index (χ1v) is 10.1. The summed E-state index contributed by atoms with van der Waals surface area (Å²) in [6, 6.07) is 17.9. The number of aliphatic hydroxyl groups excluding tert-OH is 1. The molecule has 3 aromatic rings. The van der Waals surface area contributed by atoms with Gasteiger partial charge in [0, 0.05) is 5.69 Å². The monoisotopic (exact) mass is 429 g/mol. The van der Waals surface area contributed by atoms with Gasteiger partial charge in [0.1, 0.15) is 17.3 Å². The van der Waals surface area contributed by atoms with Gasteiger partial charge in [0.2, 0.25) is 0 Å². The van der Waals surface area contributed by atoms with Gasteiger partial charge in [0.25, 0.3) is 11.7 Å². The molecule has 6 heteroatoms. The molecular formula is C26H23NO5. The maximum Gasteiger partial charge on any atom is 0.300 e. The highest BCUT2D eigenvalue weighted by Crippen LogP contribution is 2.44. The number of aryl methyl sites for hydroxylation is 2. The molecule has 32 heavy (non-hydrogen) atoms. The number of phenolic OH excluding ortho intramolecular Hbond substituents is 1. The molecule has 0 aliphatic carbocycles. The molecule has 1 unspecified atom stereocenters. The molecule has 6 nitrogen and oxygen atoms in total. The van der Waals surface area contributed by atoms with Crippen LogP contribution in [0.5, 0.6) is 11.5 Å². The van der Waals surface area contributed by atoms with Crippen LogP contribution in [0.1, 0.15) is 28.3 Å². The molecule has 0 saturated carbocycles. The van der Waals surface area contributed by atoms with E-state index in [1.165, 1.54) is 24.1 Å². The number of hydrogen-bond donors (Lipinski definition) is 2. The van der Waals surface area contributed by atoms with Crippen molar-refractivity contribution in [2.75, 3.05) is 12.0 Å². The summed E-state index contributed by atoms with van der Waals surface area (Å²) in [5, 5.41) is 21.1. The van der Waals surface area contributed by atoms with Gasteiger partial charge in [-0.2, -0.15) is 0 Å². The van der Waals surface area contributed by atoms with Crippen LogP contribution in [0.2, 0.25) is 0 Å². The first kappa shape index (κ1) is 21.2. The number of amides is 1. The van der Waals surface area contributed by atoms with E-state index in [4.69, 9.17) is 4.74 Å². The second kappa shape index (κ2) is 8.23. The highest BCUT2D eigenvalue weighted by Gasteiger charge is 2.47. The second-order valence-electron chi connectivity index (χ2n) is 7.75. The molecule has 1 amide bonds. The van der Waals surface area contributed by atoms with E-state index in [1.807, 2.05) is 32.0 Å². The largest absolute Gasteiger partial charge is 0.508 e. The highest BCUT2D eigenvalue weighted by atomic mass is 16.5. The number of hydrogen-bond acceptors (Lipinski definition) is 5. The van der Waals surface area contributed by atoms with Gasteiger partial charge in [-0.15, -0.1) is 0 Å². The first-order valence-electron chi connectivity index (χ1n) is 10.1. The quantitative estimate of drug-likeness (QED) is 0.358. The number of methoxy groups -OCH3 is 1. The van der Waals surface area contributed by atoms with Crippen molar-refractivity contribution in [3.63, 3.8) is 0 Å².